The van der Waals surface area contributed by atoms with E-state index in [4.69, 9.17) is 14.2 Å². The van der Waals surface area contributed by atoms with E-state index in [0.717, 1.165) is 133 Å². The van der Waals surface area contributed by atoms with Crippen LogP contribution in [0.2, 0.25) is 0 Å². The molecule has 0 aromatic rings. The molecule has 0 amide bonds. The summed E-state index contributed by atoms with van der Waals surface area (Å²) in [5.41, 5.74) is 3.93. The minimum atomic E-state index is -0.0941. The Morgan fingerprint density at radius 2 is 1.30 bits per heavy atom. The van der Waals surface area contributed by atoms with Crippen molar-refractivity contribution in [1.82, 2.24) is 4.90 Å². The summed E-state index contributed by atoms with van der Waals surface area (Å²) in [4.78, 5) is 40.1. The number of unbranched alkanes of at least 4 members (excludes halogenated alkanes) is 12. The molecule has 0 heterocycles. The molecule has 0 bridgehead atoms. The van der Waals surface area contributed by atoms with Crippen LogP contribution in [0.3, 0.4) is 0 Å². The average molecular weight is 894 g/mol. The minimum Gasteiger partial charge on any atom is -0.466 e. The van der Waals surface area contributed by atoms with Gasteiger partial charge in [0.15, 0.2) is 0 Å². The lowest BCUT2D eigenvalue weighted by Gasteiger charge is -2.55. The number of allylic oxidation sites excluding steroid dienone is 3. The highest BCUT2D eigenvalue weighted by molar-refractivity contribution is 5.70. The molecule has 0 aliphatic heterocycles. The van der Waals surface area contributed by atoms with Gasteiger partial charge in [0.1, 0.15) is 12.2 Å². The molecule has 0 aromatic heterocycles. The fourth-order valence-electron chi connectivity index (χ4n) is 12.7. The molecule has 3 fully saturated rings. The summed E-state index contributed by atoms with van der Waals surface area (Å²) >= 11 is 0. The van der Waals surface area contributed by atoms with Crippen LogP contribution in [0.4, 0.5) is 0 Å². The van der Waals surface area contributed by atoms with Gasteiger partial charge >= 0.3 is 17.9 Å². The monoisotopic (exact) mass is 894 g/mol. The van der Waals surface area contributed by atoms with E-state index in [2.05, 4.69) is 58.6 Å². The van der Waals surface area contributed by atoms with Gasteiger partial charge in [0.25, 0.3) is 0 Å². The zero-order chi connectivity index (χ0) is 46.4. The lowest BCUT2D eigenvalue weighted by atomic mass is 9.50. The number of esters is 3. The van der Waals surface area contributed by atoms with E-state index >= 15 is 0 Å². The smallest absolute Gasteiger partial charge is 0.306 e. The lowest BCUT2D eigenvalue weighted by Crippen LogP contribution is -2.46. The molecule has 0 aromatic carbocycles. The first kappa shape index (κ1) is 54.5. The van der Waals surface area contributed by atoms with Crippen LogP contribution in [0.5, 0.6) is 0 Å². The van der Waals surface area contributed by atoms with Crippen LogP contribution in [-0.2, 0) is 28.6 Å². The molecule has 368 valence electrons. The van der Waals surface area contributed by atoms with Crippen LogP contribution >= 0.6 is 0 Å². The van der Waals surface area contributed by atoms with E-state index in [1.807, 2.05) is 14.1 Å². The van der Waals surface area contributed by atoms with E-state index in [1.54, 1.807) is 5.57 Å². The Morgan fingerprint density at radius 1 is 0.656 bits per heavy atom. The van der Waals surface area contributed by atoms with Gasteiger partial charge in [-0.3, -0.25) is 14.4 Å². The van der Waals surface area contributed by atoms with Crippen LogP contribution in [0.15, 0.2) is 23.3 Å². The summed E-state index contributed by atoms with van der Waals surface area (Å²) < 4.78 is 17.6. The zero-order valence-electron chi connectivity index (χ0n) is 42.9. The van der Waals surface area contributed by atoms with E-state index in [-0.39, 0.29) is 35.5 Å². The second-order valence-corrected chi connectivity index (χ2v) is 22.5. The van der Waals surface area contributed by atoms with Crippen molar-refractivity contribution in [2.75, 3.05) is 27.2 Å². The Bertz CT molecular complexity index is 1430. The van der Waals surface area contributed by atoms with Crippen molar-refractivity contribution in [2.45, 2.75) is 253 Å². The number of hydrogen-bond acceptors (Lipinski definition) is 7. The SMILES string of the molecule is CCCCCCCCCOC(=O)CCCCCCC(CCCCCCC(=O)OC1CCC2(C)C(=CC=C3C2CCC2(C)C3CCC2C(C)CCCC(C)C)C1)OC(=O)CCCN(C)C. The molecule has 0 radical (unpaired) electrons. The van der Waals surface area contributed by atoms with E-state index in [9.17, 15) is 14.4 Å². The second-order valence-electron chi connectivity index (χ2n) is 22.5. The molecule has 4 rings (SSSR count). The first-order valence-electron chi connectivity index (χ1n) is 27.4. The van der Waals surface area contributed by atoms with Crippen molar-refractivity contribution in [3.05, 3.63) is 23.3 Å². The highest BCUT2D eigenvalue weighted by Crippen LogP contribution is 2.66. The van der Waals surface area contributed by atoms with Gasteiger partial charge < -0.3 is 19.1 Å². The molecule has 4 aliphatic carbocycles. The van der Waals surface area contributed by atoms with Gasteiger partial charge in [-0.2, -0.15) is 0 Å². The fraction of sp³-hybridized carbons (Fsp3) is 0.877. The maximum absolute atomic E-state index is 13.1. The number of nitrogens with zero attached hydrogens (tertiary/aromatic N) is 1. The third-order valence-electron chi connectivity index (χ3n) is 16.6. The van der Waals surface area contributed by atoms with Gasteiger partial charge in [-0.15, -0.1) is 0 Å². The van der Waals surface area contributed by atoms with Gasteiger partial charge in [-0.25, -0.2) is 0 Å². The number of fused-ring (bicyclic) bond motifs is 5. The molecule has 0 N–H and O–H groups in total. The first-order chi connectivity index (χ1) is 30.8. The zero-order valence-corrected chi connectivity index (χ0v) is 42.9. The number of rotatable bonds is 33. The van der Waals surface area contributed by atoms with Crippen molar-refractivity contribution in [1.29, 1.82) is 0 Å². The summed E-state index contributed by atoms with van der Waals surface area (Å²) in [5, 5.41) is 0. The molecule has 64 heavy (non-hydrogen) atoms. The Balaban J connectivity index is 1.12. The highest BCUT2D eigenvalue weighted by Gasteiger charge is 2.57. The minimum absolute atomic E-state index is 0.000104. The topological polar surface area (TPSA) is 82.1 Å². The predicted molar refractivity (Wildman–Crippen MR) is 265 cm³/mol. The third kappa shape index (κ3) is 17.8. The van der Waals surface area contributed by atoms with Crippen molar-refractivity contribution < 1.29 is 28.6 Å². The average Bonchev–Trinajstić information content (AvgIpc) is 3.61. The molecular formula is C57H99NO6. The standard InChI is InChI=1S/C57H99NO6/c1-9-10-11-12-13-18-23-42-62-53(59)30-21-16-14-19-28-47(63-55(61)32-25-41-58(7)8)29-20-15-17-22-31-54(60)64-48-37-39-56(5)46(43-48)33-34-49-51-36-35-50(45(4)27-24-26-44(2)3)57(51,6)40-38-52(49)56/h33-34,44-45,47-48,50-52H,9-32,35-43H2,1-8H3. The van der Waals surface area contributed by atoms with Crippen molar-refractivity contribution in [3.8, 4) is 0 Å². The molecular weight excluding hydrogens is 795 g/mol. The summed E-state index contributed by atoms with van der Waals surface area (Å²) in [5.74, 6) is 3.65. The van der Waals surface area contributed by atoms with Crippen molar-refractivity contribution in [2.24, 2.45) is 40.4 Å². The van der Waals surface area contributed by atoms with Crippen LogP contribution in [-0.4, -0.2) is 62.3 Å². The third-order valence-corrected chi connectivity index (χ3v) is 16.6. The number of carbonyl (C=O) groups excluding carboxylic acids is 3. The summed E-state index contributed by atoms with van der Waals surface area (Å²) in [7, 11) is 4.05. The molecule has 3 saturated carbocycles. The van der Waals surface area contributed by atoms with Gasteiger partial charge in [0.2, 0.25) is 0 Å². The second kappa shape index (κ2) is 28.9. The van der Waals surface area contributed by atoms with Gasteiger partial charge in [0.05, 0.1) is 6.61 Å². The highest BCUT2D eigenvalue weighted by atomic mass is 16.5. The summed E-state index contributed by atoms with van der Waals surface area (Å²) in [6.07, 6.45) is 37.6. The summed E-state index contributed by atoms with van der Waals surface area (Å²) in [6.45, 7) is 16.1. The summed E-state index contributed by atoms with van der Waals surface area (Å²) in [6, 6.07) is 0. The molecule has 0 spiro atoms. The Morgan fingerprint density at radius 3 is 1.98 bits per heavy atom. The van der Waals surface area contributed by atoms with E-state index in [0.29, 0.717) is 37.2 Å². The van der Waals surface area contributed by atoms with Crippen molar-refractivity contribution in [3.63, 3.8) is 0 Å². The quantitative estimate of drug-likeness (QED) is 0.0369. The van der Waals surface area contributed by atoms with Crippen molar-refractivity contribution >= 4 is 17.9 Å². The number of carbonyl (C=O) groups is 3. The largest absolute Gasteiger partial charge is 0.466 e. The molecule has 7 heteroatoms. The van der Waals surface area contributed by atoms with Gasteiger partial charge in [0, 0.05) is 25.7 Å². The molecule has 4 aliphatic rings. The number of hydrogen-bond donors (Lipinski definition) is 0. The number of ether oxygens (including phenoxy) is 3. The van der Waals surface area contributed by atoms with Crippen LogP contribution in [0.1, 0.15) is 241 Å². The lowest BCUT2D eigenvalue weighted by molar-refractivity contribution is -0.151. The maximum atomic E-state index is 13.1. The normalized spacial score (nSPS) is 26.1. The fourth-order valence-corrected chi connectivity index (χ4v) is 12.7. The molecule has 8 atom stereocenters. The Labute approximate surface area is 393 Å². The van der Waals surface area contributed by atoms with Gasteiger partial charge in [-0.05, 0) is 151 Å². The van der Waals surface area contributed by atoms with E-state index < -0.39 is 0 Å². The molecule has 7 nitrogen and oxygen atoms in total. The molecule has 8 unspecified atom stereocenters. The van der Waals surface area contributed by atoms with Crippen LogP contribution < -0.4 is 0 Å². The first-order valence-corrected chi connectivity index (χ1v) is 27.4. The maximum Gasteiger partial charge on any atom is 0.306 e. The Hall–Kier alpha value is -2.15. The van der Waals surface area contributed by atoms with E-state index in [1.165, 1.54) is 82.6 Å². The predicted octanol–water partition coefficient (Wildman–Crippen LogP) is 15.1. The van der Waals surface area contributed by atoms with Gasteiger partial charge in [-0.1, -0.05) is 148 Å². The van der Waals surface area contributed by atoms with Crippen LogP contribution in [0.25, 0.3) is 0 Å². The Kier molecular flexibility index (Phi) is 24.6. The molecule has 0 saturated heterocycles. The van der Waals surface area contributed by atoms with Crippen LogP contribution in [0, 0.1) is 40.4 Å².